The van der Waals surface area contributed by atoms with Crippen LogP contribution in [0.4, 0.5) is 15.8 Å². The fourth-order valence-corrected chi connectivity index (χ4v) is 3.42. The number of benzene rings is 2. The van der Waals surface area contributed by atoms with Crippen molar-refractivity contribution in [1.82, 2.24) is 0 Å². The molecule has 0 saturated heterocycles. The molecular weight excluding hydrogens is 317 g/mol. The summed E-state index contributed by atoms with van der Waals surface area (Å²) in [5.41, 5.74) is 5.37. The fourth-order valence-electron chi connectivity index (χ4n) is 1.69. The summed E-state index contributed by atoms with van der Waals surface area (Å²) in [6.45, 7) is 0. The maximum atomic E-state index is 13.2. The van der Waals surface area contributed by atoms with E-state index in [2.05, 4.69) is 4.72 Å². The molecule has 3 N–H and O–H groups in total. The predicted molar refractivity (Wildman–Crippen MR) is 77.8 cm³/mol. The van der Waals surface area contributed by atoms with Gasteiger partial charge in [0.15, 0.2) is 0 Å². The van der Waals surface area contributed by atoms with Crippen LogP contribution in [0.25, 0.3) is 0 Å². The Bertz CT molecular complexity index is 827. The largest absolute Gasteiger partial charge is 0.398 e. The minimum absolute atomic E-state index is 0.0161. The summed E-state index contributed by atoms with van der Waals surface area (Å²) in [6.07, 6.45) is 0. The first-order valence-corrected chi connectivity index (χ1v) is 7.48. The Labute approximate surface area is 125 Å². The third kappa shape index (κ3) is 3.07. The molecule has 0 aliphatic carbocycles. The van der Waals surface area contributed by atoms with Crippen molar-refractivity contribution in [3.8, 4) is 6.07 Å². The lowest BCUT2D eigenvalue weighted by molar-refractivity contribution is 0.601. The molecule has 0 amide bonds. The molecule has 0 saturated carbocycles. The molecule has 2 rings (SSSR count). The Morgan fingerprint density at radius 2 is 2.00 bits per heavy atom. The van der Waals surface area contributed by atoms with Crippen molar-refractivity contribution in [3.05, 3.63) is 52.8 Å². The van der Waals surface area contributed by atoms with Gasteiger partial charge in [-0.1, -0.05) is 17.7 Å². The normalized spacial score (nSPS) is 10.9. The number of nitrogens with zero attached hydrogens (tertiary/aromatic N) is 1. The zero-order chi connectivity index (χ0) is 15.6. The van der Waals surface area contributed by atoms with Crippen LogP contribution in [0, 0.1) is 17.1 Å². The van der Waals surface area contributed by atoms with Gasteiger partial charge in [0, 0.05) is 0 Å². The van der Waals surface area contributed by atoms with Crippen molar-refractivity contribution >= 4 is 33.0 Å². The summed E-state index contributed by atoms with van der Waals surface area (Å²) in [6, 6.07) is 9.19. The van der Waals surface area contributed by atoms with E-state index in [-0.39, 0.29) is 26.9 Å². The smallest absolute Gasteiger partial charge is 0.265 e. The first-order chi connectivity index (χ1) is 9.85. The number of nitrogen functional groups attached to an aromatic ring is 1. The van der Waals surface area contributed by atoms with Gasteiger partial charge in [0.05, 0.1) is 22.0 Å². The average Bonchev–Trinajstić information content (AvgIpc) is 2.40. The highest BCUT2D eigenvalue weighted by atomic mass is 35.5. The number of nitrogens with two attached hydrogens (primary N) is 1. The summed E-state index contributed by atoms with van der Waals surface area (Å²) in [5.74, 6) is -0.738. The molecule has 0 aliphatic heterocycles. The highest BCUT2D eigenvalue weighted by molar-refractivity contribution is 7.93. The van der Waals surface area contributed by atoms with E-state index in [1.165, 1.54) is 24.3 Å². The molecule has 0 spiro atoms. The number of anilines is 2. The molecule has 2 aromatic carbocycles. The molecule has 0 unspecified atom stereocenters. The van der Waals surface area contributed by atoms with E-state index in [1.54, 1.807) is 6.07 Å². The van der Waals surface area contributed by atoms with Gasteiger partial charge >= 0.3 is 0 Å². The van der Waals surface area contributed by atoms with Gasteiger partial charge in [0.2, 0.25) is 0 Å². The van der Waals surface area contributed by atoms with E-state index in [0.29, 0.717) is 0 Å². The second kappa shape index (κ2) is 5.60. The highest BCUT2D eigenvalue weighted by Crippen LogP contribution is 2.29. The number of nitriles is 1. The van der Waals surface area contributed by atoms with E-state index >= 15 is 0 Å². The Balaban J connectivity index is 2.46. The Hall–Kier alpha value is -2.30. The maximum Gasteiger partial charge on any atom is 0.265 e. The van der Waals surface area contributed by atoms with Gasteiger partial charge in [-0.2, -0.15) is 5.26 Å². The molecule has 8 heteroatoms. The maximum absolute atomic E-state index is 13.2. The molecule has 0 radical (unpaired) electrons. The number of nitrogens with one attached hydrogen (secondary N) is 1. The van der Waals surface area contributed by atoms with E-state index < -0.39 is 15.8 Å². The third-order valence-electron chi connectivity index (χ3n) is 2.61. The molecular formula is C13H9ClFN3O2S. The molecule has 21 heavy (non-hydrogen) atoms. The second-order valence-electron chi connectivity index (χ2n) is 4.07. The topological polar surface area (TPSA) is 96.0 Å². The van der Waals surface area contributed by atoms with Gasteiger partial charge in [-0.05, 0) is 30.3 Å². The van der Waals surface area contributed by atoms with Gasteiger partial charge in [-0.25, -0.2) is 12.8 Å². The summed E-state index contributed by atoms with van der Waals surface area (Å²) in [4.78, 5) is -0.269. The number of sulfonamides is 1. The van der Waals surface area contributed by atoms with Crippen LogP contribution in [0.3, 0.4) is 0 Å². The van der Waals surface area contributed by atoms with Gasteiger partial charge in [0.25, 0.3) is 10.0 Å². The van der Waals surface area contributed by atoms with Crippen LogP contribution < -0.4 is 10.5 Å². The van der Waals surface area contributed by atoms with Gasteiger partial charge < -0.3 is 5.73 Å². The minimum atomic E-state index is -4.05. The summed E-state index contributed by atoms with van der Waals surface area (Å²) >= 11 is 5.85. The number of halogens is 2. The number of rotatable bonds is 3. The number of hydrogen-bond donors (Lipinski definition) is 2. The van der Waals surface area contributed by atoms with Crippen LogP contribution in [0.5, 0.6) is 0 Å². The van der Waals surface area contributed by atoms with Crippen LogP contribution in [0.1, 0.15) is 5.56 Å². The fraction of sp³-hybridized carbons (Fsp3) is 0. The van der Waals surface area contributed by atoms with Gasteiger partial charge in [0.1, 0.15) is 16.8 Å². The van der Waals surface area contributed by atoms with Crippen LogP contribution in [0.15, 0.2) is 41.3 Å². The van der Waals surface area contributed by atoms with E-state index in [0.717, 1.165) is 12.1 Å². The van der Waals surface area contributed by atoms with Crippen LogP contribution in [-0.2, 0) is 10.0 Å². The Kier molecular flexibility index (Phi) is 4.02. The summed E-state index contributed by atoms with van der Waals surface area (Å²) < 4.78 is 40.0. The molecule has 108 valence electrons. The lowest BCUT2D eigenvalue weighted by Crippen LogP contribution is -2.15. The van der Waals surface area contributed by atoms with Crippen molar-refractivity contribution in [1.29, 1.82) is 5.26 Å². The van der Waals surface area contributed by atoms with E-state index in [1.807, 2.05) is 0 Å². The molecule has 0 aromatic heterocycles. The molecule has 5 nitrogen and oxygen atoms in total. The SMILES string of the molecule is N#Cc1cc(NS(=O)(=O)c2c(N)cccc2Cl)ccc1F. The monoisotopic (exact) mass is 325 g/mol. The van der Waals surface area contributed by atoms with Gasteiger partial charge in [-0.15, -0.1) is 0 Å². The minimum Gasteiger partial charge on any atom is -0.398 e. The first kappa shape index (κ1) is 15.1. The number of hydrogen-bond acceptors (Lipinski definition) is 4. The van der Waals surface area contributed by atoms with Crippen molar-refractivity contribution in [2.75, 3.05) is 10.5 Å². The Morgan fingerprint density at radius 1 is 1.29 bits per heavy atom. The molecule has 0 atom stereocenters. The van der Waals surface area contributed by atoms with Gasteiger partial charge in [-0.3, -0.25) is 4.72 Å². The molecule has 0 bridgehead atoms. The standard InChI is InChI=1S/C13H9ClFN3O2S/c14-10-2-1-3-12(17)13(10)21(19,20)18-9-4-5-11(15)8(6-9)7-16/h1-6,18H,17H2. The molecule has 0 heterocycles. The van der Waals surface area contributed by atoms with Crippen LogP contribution in [0.2, 0.25) is 5.02 Å². The second-order valence-corrected chi connectivity index (χ2v) is 6.10. The lowest BCUT2D eigenvalue weighted by atomic mass is 10.2. The summed E-state index contributed by atoms with van der Waals surface area (Å²) in [7, 11) is -4.05. The third-order valence-corrected chi connectivity index (χ3v) is 4.53. The predicted octanol–water partition coefficient (Wildman–Crippen LogP) is 2.73. The van der Waals surface area contributed by atoms with E-state index in [4.69, 9.17) is 22.6 Å². The molecule has 0 fully saturated rings. The average molecular weight is 326 g/mol. The Morgan fingerprint density at radius 3 is 2.62 bits per heavy atom. The zero-order valence-electron chi connectivity index (χ0n) is 10.5. The zero-order valence-corrected chi connectivity index (χ0v) is 12.0. The van der Waals surface area contributed by atoms with Crippen molar-refractivity contribution in [3.63, 3.8) is 0 Å². The van der Waals surface area contributed by atoms with Crippen molar-refractivity contribution in [2.24, 2.45) is 0 Å². The van der Waals surface area contributed by atoms with Crippen LogP contribution in [-0.4, -0.2) is 8.42 Å². The van der Waals surface area contributed by atoms with Crippen molar-refractivity contribution < 1.29 is 12.8 Å². The highest BCUT2D eigenvalue weighted by Gasteiger charge is 2.21. The summed E-state index contributed by atoms with van der Waals surface area (Å²) in [5, 5.41) is 8.70. The quantitative estimate of drug-likeness (QED) is 0.848. The van der Waals surface area contributed by atoms with Crippen LogP contribution >= 0.6 is 11.6 Å². The molecule has 0 aliphatic rings. The lowest BCUT2D eigenvalue weighted by Gasteiger charge is -2.11. The van der Waals surface area contributed by atoms with Crippen molar-refractivity contribution in [2.45, 2.75) is 4.90 Å². The molecule has 2 aromatic rings. The van der Waals surface area contributed by atoms with E-state index in [9.17, 15) is 12.8 Å². The first-order valence-electron chi connectivity index (χ1n) is 5.61.